The minimum atomic E-state index is 0.704. The standard InChI is InChI=1S/C13H16ClN3/c1-3-4-11-12(13(15)17(2)16-11)9-5-7-10(14)8-6-9/h5-8H,3-4,15H2,1-2H3. The molecule has 0 bridgehead atoms. The maximum absolute atomic E-state index is 6.07. The van der Waals surface area contributed by atoms with Crippen LogP contribution in [-0.2, 0) is 13.5 Å². The lowest BCUT2D eigenvalue weighted by Crippen LogP contribution is -1.97. The maximum atomic E-state index is 6.07. The van der Waals surface area contributed by atoms with Gasteiger partial charge >= 0.3 is 0 Å². The number of halogens is 1. The van der Waals surface area contributed by atoms with Crippen molar-refractivity contribution < 1.29 is 0 Å². The Balaban J connectivity index is 2.53. The molecule has 4 heteroatoms. The number of aromatic nitrogens is 2. The molecular weight excluding hydrogens is 234 g/mol. The Labute approximate surface area is 106 Å². The van der Waals surface area contributed by atoms with E-state index in [0.29, 0.717) is 5.82 Å². The molecular formula is C13H16ClN3. The lowest BCUT2D eigenvalue weighted by atomic mass is 10.0. The van der Waals surface area contributed by atoms with Crippen LogP contribution in [0.15, 0.2) is 24.3 Å². The van der Waals surface area contributed by atoms with E-state index < -0.39 is 0 Å². The molecule has 2 N–H and O–H groups in total. The van der Waals surface area contributed by atoms with Crippen LogP contribution in [0.4, 0.5) is 5.82 Å². The monoisotopic (exact) mass is 249 g/mol. The van der Waals surface area contributed by atoms with Crippen LogP contribution in [-0.4, -0.2) is 9.78 Å². The van der Waals surface area contributed by atoms with Gasteiger partial charge in [0.1, 0.15) is 5.82 Å². The summed E-state index contributed by atoms with van der Waals surface area (Å²) in [6.45, 7) is 2.14. The summed E-state index contributed by atoms with van der Waals surface area (Å²) < 4.78 is 1.73. The molecule has 0 unspecified atom stereocenters. The summed E-state index contributed by atoms with van der Waals surface area (Å²) in [5.74, 6) is 0.704. The van der Waals surface area contributed by atoms with Crippen LogP contribution in [0.1, 0.15) is 19.0 Å². The van der Waals surface area contributed by atoms with Crippen LogP contribution in [0.25, 0.3) is 11.1 Å². The van der Waals surface area contributed by atoms with Gasteiger partial charge in [-0.1, -0.05) is 37.1 Å². The van der Waals surface area contributed by atoms with Crippen LogP contribution in [0.5, 0.6) is 0 Å². The number of rotatable bonds is 3. The Morgan fingerprint density at radius 3 is 2.53 bits per heavy atom. The first kappa shape index (κ1) is 12.0. The molecule has 0 saturated heterocycles. The van der Waals surface area contributed by atoms with E-state index in [1.807, 2.05) is 31.3 Å². The van der Waals surface area contributed by atoms with Gasteiger partial charge in [-0.2, -0.15) is 5.10 Å². The molecule has 0 atom stereocenters. The number of aryl methyl sites for hydroxylation is 2. The third-order valence-corrected chi connectivity index (χ3v) is 3.04. The summed E-state index contributed by atoms with van der Waals surface area (Å²) in [5.41, 5.74) is 9.23. The molecule has 0 spiro atoms. The van der Waals surface area contributed by atoms with Gasteiger partial charge in [0.25, 0.3) is 0 Å². The predicted molar refractivity (Wildman–Crippen MR) is 72.1 cm³/mol. The Morgan fingerprint density at radius 1 is 1.29 bits per heavy atom. The fourth-order valence-electron chi connectivity index (χ4n) is 1.94. The first-order valence-electron chi connectivity index (χ1n) is 5.70. The van der Waals surface area contributed by atoms with Crippen molar-refractivity contribution in [2.24, 2.45) is 7.05 Å². The normalized spacial score (nSPS) is 10.8. The number of anilines is 1. The summed E-state index contributed by atoms with van der Waals surface area (Å²) in [5, 5.41) is 5.19. The Kier molecular flexibility index (Phi) is 3.38. The zero-order valence-corrected chi connectivity index (χ0v) is 10.8. The molecule has 1 aromatic carbocycles. The summed E-state index contributed by atoms with van der Waals surface area (Å²) in [6.07, 6.45) is 1.99. The molecule has 2 rings (SSSR count). The lowest BCUT2D eigenvalue weighted by Gasteiger charge is -2.03. The topological polar surface area (TPSA) is 43.8 Å². The third kappa shape index (κ3) is 2.29. The van der Waals surface area contributed by atoms with Crippen molar-refractivity contribution in [3.05, 3.63) is 35.0 Å². The van der Waals surface area contributed by atoms with E-state index in [1.54, 1.807) is 4.68 Å². The van der Waals surface area contributed by atoms with Crippen LogP contribution in [0.3, 0.4) is 0 Å². The Hall–Kier alpha value is -1.48. The largest absolute Gasteiger partial charge is 0.383 e. The highest BCUT2D eigenvalue weighted by Crippen LogP contribution is 2.30. The second-order valence-electron chi connectivity index (χ2n) is 4.09. The molecule has 0 fully saturated rings. The fourth-order valence-corrected chi connectivity index (χ4v) is 2.06. The van der Waals surface area contributed by atoms with Crippen molar-refractivity contribution in [3.8, 4) is 11.1 Å². The average Bonchev–Trinajstić information content (AvgIpc) is 2.57. The van der Waals surface area contributed by atoms with E-state index >= 15 is 0 Å². The van der Waals surface area contributed by atoms with E-state index in [0.717, 1.165) is 34.7 Å². The maximum Gasteiger partial charge on any atom is 0.129 e. The van der Waals surface area contributed by atoms with Crippen molar-refractivity contribution in [1.29, 1.82) is 0 Å². The van der Waals surface area contributed by atoms with E-state index in [1.165, 1.54) is 0 Å². The first-order valence-corrected chi connectivity index (χ1v) is 6.08. The van der Waals surface area contributed by atoms with Gasteiger partial charge in [0.15, 0.2) is 0 Å². The van der Waals surface area contributed by atoms with Gasteiger partial charge in [0.05, 0.1) is 5.69 Å². The second-order valence-corrected chi connectivity index (χ2v) is 4.52. The van der Waals surface area contributed by atoms with Crippen LogP contribution >= 0.6 is 11.6 Å². The smallest absolute Gasteiger partial charge is 0.129 e. The summed E-state index contributed by atoms with van der Waals surface area (Å²) in [7, 11) is 1.87. The van der Waals surface area contributed by atoms with Crippen molar-refractivity contribution in [2.45, 2.75) is 19.8 Å². The van der Waals surface area contributed by atoms with Crippen molar-refractivity contribution in [1.82, 2.24) is 9.78 Å². The van der Waals surface area contributed by atoms with Crippen LogP contribution < -0.4 is 5.73 Å². The fraction of sp³-hybridized carbons (Fsp3) is 0.308. The SMILES string of the molecule is CCCc1nn(C)c(N)c1-c1ccc(Cl)cc1. The lowest BCUT2D eigenvalue weighted by molar-refractivity contribution is 0.741. The average molecular weight is 250 g/mol. The molecule has 1 aromatic heterocycles. The van der Waals surface area contributed by atoms with Gasteiger partial charge < -0.3 is 5.73 Å². The van der Waals surface area contributed by atoms with Gasteiger partial charge in [-0.25, -0.2) is 0 Å². The molecule has 17 heavy (non-hydrogen) atoms. The molecule has 1 heterocycles. The first-order chi connectivity index (χ1) is 8.13. The van der Waals surface area contributed by atoms with Gasteiger partial charge in [-0.3, -0.25) is 4.68 Å². The predicted octanol–water partition coefficient (Wildman–Crippen LogP) is 3.28. The molecule has 0 amide bonds. The number of hydrogen-bond acceptors (Lipinski definition) is 2. The third-order valence-electron chi connectivity index (χ3n) is 2.78. The molecule has 0 saturated carbocycles. The molecule has 0 aliphatic heterocycles. The minimum Gasteiger partial charge on any atom is -0.383 e. The molecule has 0 aliphatic carbocycles. The Bertz CT molecular complexity index is 514. The zero-order valence-electron chi connectivity index (χ0n) is 10.1. The van der Waals surface area contributed by atoms with E-state index in [4.69, 9.17) is 17.3 Å². The van der Waals surface area contributed by atoms with Crippen molar-refractivity contribution in [3.63, 3.8) is 0 Å². The number of nitrogens with zero attached hydrogens (tertiary/aromatic N) is 2. The molecule has 3 nitrogen and oxygen atoms in total. The summed E-state index contributed by atoms with van der Waals surface area (Å²) >= 11 is 5.89. The van der Waals surface area contributed by atoms with Crippen LogP contribution in [0, 0.1) is 0 Å². The van der Waals surface area contributed by atoms with Crippen molar-refractivity contribution >= 4 is 17.4 Å². The van der Waals surface area contributed by atoms with E-state index in [9.17, 15) is 0 Å². The highest BCUT2D eigenvalue weighted by molar-refractivity contribution is 6.30. The summed E-state index contributed by atoms with van der Waals surface area (Å²) in [4.78, 5) is 0. The highest BCUT2D eigenvalue weighted by Gasteiger charge is 2.14. The van der Waals surface area contributed by atoms with E-state index in [2.05, 4.69) is 12.0 Å². The number of hydrogen-bond donors (Lipinski definition) is 1. The molecule has 0 aliphatic rings. The second kappa shape index (κ2) is 4.80. The number of nitrogen functional groups attached to an aromatic ring is 1. The quantitative estimate of drug-likeness (QED) is 0.907. The Morgan fingerprint density at radius 2 is 1.94 bits per heavy atom. The molecule has 2 aromatic rings. The molecule has 90 valence electrons. The van der Waals surface area contributed by atoms with E-state index in [-0.39, 0.29) is 0 Å². The van der Waals surface area contributed by atoms with Gasteiger partial charge in [-0.05, 0) is 24.1 Å². The van der Waals surface area contributed by atoms with Gasteiger partial charge in [0.2, 0.25) is 0 Å². The zero-order chi connectivity index (χ0) is 12.4. The number of benzene rings is 1. The summed E-state index contributed by atoms with van der Waals surface area (Å²) in [6, 6.07) is 7.71. The molecule has 0 radical (unpaired) electrons. The highest BCUT2D eigenvalue weighted by atomic mass is 35.5. The van der Waals surface area contributed by atoms with Gasteiger partial charge in [0, 0.05) is 17.6 Å². The van der Waals surface area contributed by atoms with Crippen LogP contribution in [0.2, 0.25) is 5.02 Å². The number of nitrogens with two attached hydrogens (primary N) is 1. The van der Waals surface area contributed by atoms with Gasteiger partial charge in [-0.15, -0.1) is 0 Å². The minimum absolute atomic E-state index is 0.704. The van der Waals surface area contributed by atoms with Crippen molar-refractivity contribution in [2.75, 3.05) is 5.73 Å².